The molecule has 2 atom stereocenters. The fraction of sp³-hybridized carbons (Fsp3) is 1.00. The van der Waals surface area contributed by atoms with Crippen molar-refractivity contribution in [3.63, 3.8) is 0 Å². The molecule has 1 saturated carbocycles. The largest absolute Gasteiger partial charge is 0.311 e. The predicted molar refractivity (Wildman–Crippen MR) is 74.3 cm³/mol. The molecule has 2 heteroatoms. The van der Waals surface area contributed by atoms with Gasteiger partial charge in [0.2, 0.25) is 0 Å². The quantitative estimate of drug-likeness (QED) is 0.810. The summed E-state index contributed by atoms with van der Waals surface area (Å²) in [5, 5.41) is 3.92. The lowest BCUT2D eigenvalue weighted by Gasteiger charge is -2.26. The first-order chi connectivity index (χ1) is 8.29. The molecule has 1 unspecified atom stereocenters. The zero-order chi connectivity index (χ0) is 12.1. The lowest BCUT2D eigenvalue weighted by Crippen LogP contribution is -2.40. The Balaban J connectivity index is 1.74. The third-order valence-corrected chi connectivity index (χ3v) is 4.87. The lowest BCUT2D eigenvalue weighted by atomic mass is 9.97. The maximum atomic E-state index is 3.92. The molecule has 2 aliphatic rings. The Morgan fingerprint density at radius 2 is 1.82 bits per heavy atom. The van der Waals surface area contributed by atoms with Crippen molar-refractivity contribution in [1.82, 2.24) is 10.2 Å². The molecule has 1 aliphatic carbocycles. The molecular weight excluding hydrogens is 208 g/mol. The second-order valence-electron chi connectivity index (χ2n) is 6.06. The highest BCUT2D eigenvalue weighted by atomic mass is 15.1. The average molecular weight is 238 g/mol. The zero-order valence-electron chi connectivity index (χ0n) is 11.8. The first-order valence-electron chi connectivity index (χ1n) is 7.78. The van der Waals surface area contributed by atoms with Crippen molar-refractivity contribution in [2.45, 2.75) is 70.9 Å². The highest BCUT2D eigenvalue weighted by Gasteiger charge is 2.24. The Bertz CT molecular complexity index is 211. The van der Waals surface area contributed by atoms with Gasteiger partial charge < -0.3 is 10.2 Å². The molecule has 0 aromatic rings. The highest BCUT2D eigenvalue weighted by Crippen LogP contribution is 2.28. The van der Waals surface area contributed by atoms with E-state index in [9.17, 15) is 0 Å². The van der Waals surface area contributed by atoms with Crippen LogP contribution in [0.2, 0.25) is 0 Å². The first kappa shape index (κ1) is 13.4. The van der Waals surface area contributed by atoms with E-state index in [1.165, 1.54) is 64.6 Å². The van der Waals surface area contributed by atoms with Gasteiger partial charge in [-0.1, -0.05) is 19.8 Å². The van der Waals surface area contributed by atoms with E-state index in [1.54, 1.807) is 0 Å². The Hall–Kier alpha value is -0.0800. The second-order valence-corrected chi connectivity index (χ2v) is 6.06. The van der Waals surface area contributed by atoms with Crippen LogP contribution < -0.4 is 5.32 Å². The molecule has 1 aliphatic heterocycles. The third-order valence-electron chi connectivity index (χ3n) is 4.87. The van der Waals surface area contributed by atoms with Crippen molar-refractivity contribution in [1.29, 1.82) is 0 Å². The van der Waals surface area contributed by atoms with Crippen LogP contribution in [0.1, 0.15) is 58.8 Å². The van der Waals surface area contributed by atoms with E-state index in [2.05, 4.69) is 24.1 Å². The molecule has 1 N–H and O–H groups in total. The number of nitrogens with zero attached hydrogens (tertiary/aromatic N) is 1. The molecule has 1 saturated heterocycles. The van der Waals surface area contributed by atoms with Gasteiger partial charge in [0.05, 0.1) is 0 Å². The van der Waals surface area contributed by atoms with E-state index in [0.717, 1.165) is 18.0 Å². The first-order valence-corrected chi connectivity index (χ1v) is 7.78. The third kappa shape index (κ3) is 3.96. The molecule has 0 amide bonds. The van der Waals surface area contributed by atoms with Crippen LogP contribution in [-0.2, 0) is 0 Å². The number of nitrogens with one attached hydrogen (secondary N) is 1. The van der Waals surface area contributed by atoms with Crippen molar-refractivity contribution in [3.05, 3.63) is 0 Å². The Morgan fingerprint density at radius 1 is 1.06 bits per heavy atom. The summed E-state index contributed by atoms with van der Waals surface area (Å²) in [6, 6.07) is 1.53. The normalized spacial score (nSPS) is 30.4. The Morgan fingerprint density at radius 3 is 2.53 bits per heavy atom. The van der Waals surface area contributed by atoms with Gasteiger partial charge in [0.25, 0.3) is 0 Å². The Kier molecular flexibility index (Phi) is 5.30. The summed E-state index contributed by atoms with van der Waals surface area (Å²) in [5.41, 5.74) is 0. The van der Waals surface area contributed by atoms with Gasteiger partial charge in [0, 0.05) is 12.1 Å². The zero-order valence-corrected chi connectivity index (χ0v) is 11.8. The maximum Gasteiger partial charge on any atom is 0.00823 e. The molecule has 1 heterocycles. The van der Waals surface area contributed by atoms with Crippen LogP contribution in [-0.4, -0.2) is 36.6 Å². The number of hydrogen-bond acceptors (Lipinski definition) is 2. The summed E-state index contributed by atoms with van der Waals surface area (Å²) in [4.78, 5) is 2.60. The van der Waals surface area contributed by atoms with Crippen LogP contribution >= 0.6 is 0 Å². The average Bonchev–Trinajstić information content (AvgIpc) is 2.78. The summed E-state index contributed by atoms with van der Waals surface area (Å²) in [7, 11) is 0. The summed E-state index contributed by atoms with van der Waals surface area (Å²) >= 11 is 0. The molecule has 0 aromatic carbocycles. The monoisotopic (exact) mass is 238 g/mol. The molecule has 0 bridgehead atoms. The number of rotatable bonds is 4. The summed E-state index contributed by atoms with van der Waals surface area (Å²) in [5.74, 6) is 0.959. The SMILES string of the molecule is CCN1CCCC(N[C@@H](C)C2CCCC2)CC1. The van der Waals surface area contributed by atoms with E-state index in [-0.39, 0.29) is 0 Å². The molecule has 0 radical (unpaired) electrons. The molecular formula is C15H30N2. The molecule has 2 nitrogen and oxygen atoms in total. The van der Waals surface area contributed by atoms with Crippen molar-refractivity contribution in [3.8, 4) is 0 Å². The second kappa shape index (κ2) is 6.75. The van der Waals surface area contributed by atoms with Crippen molar-refractivity contribution in [2.24, 2.45) is 5.92 Å². The van der Waals surface area contributed by atoms with E-state index in [0.29, 0.717) is 0 Å². The lowest BCUT2D eigenvalue weighted by molar-refractivity contribution is 0.288. The predicted octanol–water partition coefficient (Wildman–Crippen LogP) is 3.03. The smallest absolute Gasteiger partial charge is 0.00823 e. The molecule has 17 heavy (non-hydrogen) atoms. The molecule has 2 fully saturated rings. The number of likely N-dealkylation sites (tertiary alicyclic amines) is 1. The van der Waals surface area contributed by atoms with Gasteiger partial charge in [-0.25, -0.2) is 0 Å². The topological polar surface area (TPSA) is 15.3 Å². The summed E-state index contributed by atoms with van der Waals surface area (Å²) < 4.78 is 0. The van der Waals surface area contributed by atoms with Crippen LogP contribution in [0.25, 0.3) is 0 Å². The van der Waals surface area contributed by atoms with E-state index < -0.39 is 0 Å². The highest BCUT2D eigenvalue weighted by molar-refractivity contribution is 4.82. The fourth-order valence-corrected chi connectivity index (χ4v) is 3.60. The van der Waals surface area contributed by atoms with Gasteiger partial charge in [-0.3, -0.25) is 0 Å². The minimum atomic E-state index is 0.746. The van der Waals surface area contributed by atoms with Gasteiger partial charge in [-0.15, -0.1) is 0 Å². The van der Waals surface area contributed by atoms with Crippen molar-refractivity contribution >= 4 is 0 Å². The van der Waals surface area contributed by atoms with Crippen molar-refractivity contribution in [2.75, 3.05) is 19.6 Å². The summed E-state index contributed by atoms with van der Waals surface area (Å²) in [6.45, 7) is 8.54. The van der Waals surface area contributed by atoms with Gasteiger partial charge >= 0.3 is 0 Å². The molecule has 100 valence electrons. The van der Waals surface area contributed by atoms with Crippen LogP contribution in [0, 0.1) is 5.92 Å². The van der Waals surface area contributed by atoms with Crippen molar-refractivity contribution < 1.29 is 0 Å². The van der Waals surface area contributed by atoms with E-state index >= 15 is 0 Å². The maximum absolute atomic E-state index is 3.92. The van der Waals surface area contributed by atoms with E-state index in [4.69, 9.17) is 0 Å². The number of hydrogen-bond donors (Lipinski definition) is 1. The van der Waals surface area contributed by atoms with Gasteiger partial charge in [0.15, 0.2) is 0 Å². The minimum absolute atomic E-state index is 0.746. The van der Waals surface area contributed by atoms with Crippen LogP contribution in [0.3, 0.4) is 0 Å². The fourth-order valence-electron chi connectivity index (χ4n) is 3.60. The van der Waals surface area contributed by atoms with Gasteiger partial charge in [-0.2, -0.15) is 0 Å². The molecule has 2 rings (SSSR count). The molecule has 0 spiro atoms. The Labute approximate surface area is 107 Å². The van der Waals surface area contributed by atoms with Gasteiger partial charge in [0.1, 0.15) is 0 Å². The summed E-state index contributed by atoms with van der Waals surface area (Å²) in [6.07, 6.45) is 9.96. The van der Waals surface area contributed by atoms with Crippen LogP contribution in [0.15, 0.2) is 0 Å². The molecule has 0 aromatic heterocycles. The van der Waals surface area contributed by atoms with Crippen LogP contribution in [0.5, 0.6) is 0 Å². The van der Waals surface area contributed by atoms with E-state index in [1.807, 2.05) is 0 Å². The minimum Gasteiger partial charge on any atom is -0.311 e. The van der Waals surface area contributed by atoms with Crippen LogP contribution in [0.4, 0.5) is 0 Å². The van der Waals surface area contributed by atoms with Gasteiger partial charge in [-0.05, 0) is 64.6 Å². The standard InChI is InChI=1S/C15H30N2/c1-3-17-11-6-9-15(10-12-17)16-13(2)14-7-4-5-8-14/h13-16H,3-12H2,1-2H3/t13-,15?/m0/s1.